The van der Waals surface area contributed by atoms with Crippen LogP contribution in [0.4, 0.5) is 5.95 Å². The van der Waals surface area contributed by atoms with Crippen LogP contribution in [0, 0.1) is 0 Å². The highest BCUT2D eigenvalue weighted by atomic mass is 79.9. The third-order valence-corrected chi connectivity index (χ3v) is 4.22. The van der Waals surface area contributed by atoms with Gasteiger partial charge >= 0.3 is 0 Å². The lowest BCUT2D eigenvalue weighted by Gasteiger charge is -2.10. The Morgan fingerprint density at radius 3 is 2.94 bits per heavy atom. The predicted octanol–water partition coefficient (Wildman–Crippen LogP) is 1.82. The van der Waals surface area contributed by atoms with E-state index in [1.807, 2.05) is 6.92 Å². The first kappa shape index (κ1) is 14.4. The zero-order valence-electron chi connectivity index (χ0n) is 10.1. The third-order valence-electron chi connectivity index (χ3n) is 2.31. The average molecular weight is 322 g/mol. The van der Waals surface area contributed by atoms with E-state index < -0.39 is 10.8 Å². The van der Waals surface area contributed by atoms with E-state index in [1.54, 1.807) is 19.6 Å². The molecule has 0 aliphatic rings. The summed E-state index contributed by atoms with van der Waals surface area (Å²) in [6.45, 7) is 2.65. The van der Waals surface area contributed by atoms with Crippen LogP contribution in [0.5, 0.6) is 5.88 Å². The van der Waals surface area contributed by atoms with E-state index in [2.05, 4.69) is 31.2 Å². The molecule has 0 bridgehead atoms. The molecular formula is C10H16BrN3O2S. The van der Waals surface area contributed by atoms with Gasteiger partial charge in [0.25, 0.3) is 0 Å². The maximum absolute atomic E-state index is 11.2. The first-order valence-corrected chi connectivity index (χ1v) is 7.58. The molecule has 1 rings (SSSR count). The normalized spacial score (nSPS) is 14.1. The van der Waals surface area contributed by atoms with Gasteiger partial charge in [0, 0.05) is 28.9 Å². The Hall–Kier alpha value is -0.690. The van der Waals surface area contributed by atoms with Crippen molar-refractivity contribution in [3.63, 3.8) is 0 Å². The molecule has 7 heteroatoms. The van der Waals surface area contributed by atoms with Crippen LogP contribution in [0.15, 0.2) is 10.7 Å². The molecule has 5 nitrogen and oxygen atoms in total. The summed E-state index contributed by atoms with van der Waals surface area (Å²) in [4.78, 5) is 8.27. The lowest BCUT2D eigenvalue weighted by Crippen LogP contribution is -2.15. The predicted molar refractivity (Wildman–Crippen MR) is 72.9 cm³/mol. The molecule has 0 aliphatic heterocycles. The van der Waals surface area contributed by atoms with Crippen LogP contribution < -0.4 is 10.1 Å². The number of methoxy groups -OCH3 is 1. The van der Waals surface area contributed by atoms with Crippen molar-refractivity contribution in [2.75, 3.05) is 25.2 Å². The molecule has 2 atom stereocenters. The third kappa shape index (κ3) is 4.59. The monoisotopic (exact) mass is 321 g/mol. The van der Waals surface area contributed by atoms with Gasteiger partial charge in [0.15, 0.2) is 0 Å². The van der Waals surface area contributed by atoms with E-state index in [4.69, 9.17) is 4.74 Å². The fourth-order valence-corrected chi connectivity index (χ4v) is 1.94. The molecule has 0 fully saturated rings. The van der Waals surface area contributed by atoms with Crippen LogP contribution in [-0.2, 0) is 10.8 Å². The minimum absolute atomic E-state index is 0.167. The number of ether oxygens (including phenoxy) is 1. The summed E-state index contributed by atoms with van der Waals surface area (Å²) in [5.41, 5.74) is 0. The quantitative estimate of drug-likeness (QED) is 0.865. The fourth-order valence-electron chi connectivity index (χ4n) is 1.13. The van der Waals surface area contributed by atoms with E-state index in [0.29, 0.717) is 22.8 Å². The molecule has 17 heavy (non-hydrogen) atoms. The van der Waals surface area contributed by atoms with Crippen molar-refractivity contribution >= 4 is 32.7 Å². The Morgan fingerprint density at radius 2 is 2.35 bits per heavy atom. The summed E-state index contributed by atoms with van der Waals surface area (Å²) >= 11 is 3.28. The Balaban J connectivity index is 2.49. The van der Waals surface area contributed by atoms with Gasteiger partial charge in [0.1, 0.15) is 0 Å². The standard InChI is InChI=1S/C10H16BrN3O2S/c1-7(17(3)15)4-5-12-10-13-6-8(11)9(14-10)16-2/h6-7H,4-5H2,1-3H3,(H,12,13,14). The van der Waals surface area contributed by atoms with Gasteiger partial charge in [-0.15, -0.1) is 0 Å². The van der Waals surface area contributed by atoms with E-state index in [9.17, 15) is 4.21 Å². The van der Waals surface area contributed by atoms with E-state index in [0.717, 1.165) is 6.42 Å². The fraction of sp³-hybridized carbons (Fsp3) is 0.600. The summed E-state index contributed by atoms with van der Waals surface area (Å²) in [7, 11) is 0.764. The van der Waals surface area contributed by atoms with E-state index in [-0.39, 0.29) is 5.25 Å². The molecule has 1 aromatic heterocycles. The Bertz CT molecular complexity index is 403. The number of nitrogens with zero attached hydrogens (tertiary/aromatic N) is 2. The molecule has 1 aromatic rings. The smallest absolute Gasteiger partial charge is 0.232 e. The molecule has 0 amide bonds. The second-order valence-corrected chi connectivity index (χ2v) is 6.23. The maximum Gasteiger partial charge on any atom is 0.232 e. The average Bonchev–Trinajstić information content (AvgIpc) is 2.31. The molecule has 2 unspecified atom stereocenters. The maximum atomic E-state index is 11.2. The zero-order valence-corrected chi connectivity index (χ0v) is 12.5. The summed E-state index contributed by atoms with van der Waals surface area (Å²) in [6, 6.07) is 0. The number of rotatable bonds is 6. The van der Waals surface area contributed by atoms with Gasteiger partial charge in [-0.1, -0.05) is 6.92 Å². The molecular weight excluding hydrogens is 306 g/mol. The Morgan fingerprint density at radius 1 is 1.65 bits per heavy atom. The summed E-state index contributed by atoms with van der Waals surface area (Å²) in [6.07, 6.45) is 4.16. The van der Waals surface area contributed by atoms with Crippen molar-refractivity contribution in [1.82, 2.24) is 9.97 Å². The SMILES string of the molecule is COc1nc(NCCC(C)S(C)=O)ncc1Br. The van der Waals surface area contributed by atoms with Crippen LogP contribution >= 0.6 is 15.9 Å². The number of hydrogen-bond acceptors (Lipinski definition) is 5. The van der Waals surface area contributed by atoms with Crippen molar-refractivity contribution in [3.05, 3.63) is 10.7 Å². The van der Waals surface area contributed by atoms with Crippen LogP contribution in [0.3, 0.4) is 0 Å². The minimum atomic E-state index is -0.791. The molecule has 0 spiro atoms. The van der Waals surface area contributed by atoms with Crippen molar-refractivity contribution in [2.24, 2.45) is 0 Å². The Labute approximate surface area is 112 Å². The molecule has 0 aliphatic carbocycles. The molecule has 1 heterocycles. The van der Waals surface area contributed by atoms with E-state index >= 15 is 0 Å². The van der Waals surface area contributed by atoms with Crippen LogP contribution in [0.2, 0.25) is 0 Å². The molecule has 1 N–H and O–H groups in total. The van der Waals surface area contributed by atoms with Crippen molar-refractivity contribution < 1.29 is 8.95 Å². The summed E-state index contributed by atoms with van der Waals surface area (Å²) < 4.78 is 16.9. The van der Waals surface area contributed by atoms with Gasteiger partial charge in [0.05, 0.1) is 17.8 Å². The Kier molecular flexibility index (Phi) is 5.84. The summed E-state index contributed by atoms with van der Waals surface area (Å²) in [5.74, 6) is 1.01. The molecule has 0 saturated heterocycles. The summed E-state index contributed by atoms with van der Waals surface area (Å²) in [5, 5.41) is 3.24. The molecule has 0 aromatic carbocycles. The van der Waals surface area contributed by atoms with Crippen molar-refractivity contribution in [2.45, 2.75) is 18.6 Å². The number of anilines is 1. The van der Waals surface area contributed by atoms with Crippen LogP contribution in [0.25, 0.3) is 0 Å². The van der Waals surface area contributed by atoms with Gasteiger partial charge in [-0.2, -0.15) is 4.98 Å². The number of halogens is 1. The topological polar surface area (TPSA) is 64.1 Å². The highest BCUT2D eigenvalue weighted by molar-refractivity contribution is 9.10. The van der Waals surface area contributed by atoms with Gasteiger partial charge in [-0.25, -0.2) is 4.98 Å². The van der Waals surface area contributed by atoms with Gasteiger partial charge in [-0.05, 0) is 22.4 Å². The first-order chi connectivity index (χ1) is 8.04. The van der Waals surface area contributed by atoms with Gasteiger partial charge in [0.2, 0.25) is 11.8 Å². The number of aromatic nitrogens is 2. The lowest BCUT2D eigenvalue weighted by molar-refractivity contribution is 0.394. The second-order valence-electron chi connectivity index (χ2n) is 3.58. The lowest BCUT2D eigenvalue weighted by atomic mass is 10.3. The molecule has 96 valence electrons. The van der Waals surface area contributed by atoms with Crippen molar-refractivity contribution in [3.8, 4) is 5.88 Å². The van der Waals surface area contributed by atoms with Gasteiger partial charge in [-0.3, -0.25) is 4.21 Å². The largest absolute Gasteiger partial charge is 0.480 e. The highest BCUT2D eigenvalue weighted by Crippen LogP contribution is 2.21. The first-order valence-electron chi connectivity index (χ1n) is 5.17. The molecule has 0 saturated carbocycles. The molecule has 0 radical (unpaired) electrons. The van der Waals surface area contributed by atoms with Gasteiger partial charge < -0.3 is 10.1 Å². The van der Waals surface area contributed by atoms with Crippen LogP contribution in [-0.4, -0.2) is 39.3 Å². The highest BCUT2D eigenvalue weighted by Gasteiger charge is 2.07. The van der Waals surface area contributed by atoms with E-state index in [1.165, 1.54) is 0 Å². The van der Waals surface area contributed by atoms with Crippen molar-refractivity contribution in [1.29, 1.82) is 0 Å². The second kappa shape index (κ2) is 6.90. The minimum Gasteiger partial charge on any atom is -0.480 e. The number of nitrogens with one attached hydrogen (secondary N) is 1. The van der Waals surface area contributed by atoms with Crippen LogP contribution in [0.1, 0.15) is 13.3 Å². The zero-order chi connectivity index (χ0) is 12.8. The number of hydrogen-bond donors (Lipinski definition) is 1.